The van der Waals surface area contributed by atoms with Gasteiger partial charge in [0.05, 0.1) is 12.3 Å². The van der Waals surface area contributed by atoms with Crippen molar-refractivity contribution in [2.75, 3.05) is 20.3 Å². The van der Waals surface area contributed by atoms with E-state index in [0.717, 1.165) is 35.1 Å². The first-order valence-corrected chi connectivity index (χ1v) is 9.43. The quantitative estimate of drug-likeness (QED) is 0.605. The number of H-pyrrole nitrogens is 2. The summed E-state index contributed by atoms with van der Waals surface area (Å²) in [5, 5.41) is 11.7. The van der Waals surface area contributed by atoms with Gasteiger partial charge in [0.2, 0.25) is 0 Å². The van der Waals surface area contributed by atoms with Crippen LogP contribution in [-0.2, 0) is 17.6 Å². The highest BCUT2D eigenvalue weighted by Crippen LogP contribution is 2.38. The highest BCUT2D eigenvalue weighted by molar-refractivity contribution is 5.99. The lowest BCUT2D eigenvalue weighted by atomic mass is 9.76. The second kappa shape index (κ2) is 6.85. The van der Waals surface area contributed by atoms with Crippen molar-refractivity contribution in [2.45, 2.75) is 33.1 Å². The lowest BCUT2D eigenvalue weighted by molar-refractivity contribution is 0.0937. The molecule has 0 aliphatic heterocycles. The number of rotatable bonds is 5. The number of benzene rings is 1. The molecule has 0 saturated heterocycles. The third kappa shape index (κ3) is 3.49. The molecule has 4 rings (SSSR count). The van der Waals surface area contributed by atoms with Crippen LogP contribution in [0.4, 0.5) is 0 Å². The fourth-order valence-corrected chi connectivity index (χ4v) is 3.84. The monoisotopic (exact) mass is 366 g/mol. The van der Waals surface area contributed by atoms with Crippen LogP contribution in [0.2, 0.25) is 0 Å². The molecule has 0 saturated carbocycles. The van der Waals surface area contributed by atoms with E-state index in [9.17, 15) is 4.79 Å². The van der Waals surface area contributed by atoms with Gasteiger partial charge in [-0.25, -0.2) is 0 Å². The number of carbonyl (C=O) groups excluding carboxylic acids is 1. The van der Waals surface area contributed by atoms with Crippen LogP contribution in [-0.4, -0.2) is 41.3 Å². The minimum atomic E-state index is -0.0870. The van der Waals surface area contributed by atoms with Crippen molar-refractivity contribution < 1.29 is 9.53 Å². The molecule has 2 aromatic heterocycles. The number of amides is 1. The number of aromatic nitrogens is 3. The zero-order chi connectivity index (χ0) is 19.0. The molecule has 6 nitrogen and oxygen atoms in total. The van der Waals surface area contributed by atoms with Gasteiger partial charge in [0, 0.05) is 41.4 Å². The molecule has 0 bridgehead atoms. The number of methoxy groups -OCH3 is 1. The van der Waals surface area contributed by atoms with Gasteiger partial charge in [-0.1, -0.05) is 13.8 Å². The van der Waals surface area contributed by atoms with Gasteiger partial charge in [-0.2, -0.15) is 5.10 Å². The number of ether oxygens (including phenoxy) is 1. The summed E-state index contributed by atoms with van der Waals surface area (Å²) in [4.78, 5) is 15.7. The Morgan fingerprint density at radius 2 is 2.19 bits per heavy atom. The number of hydrogen-bond donors (Lipinski definition) is 3. The molecule has 1 aromatic carbocycles. The second-order valence-corrected chi connectivity index (χ2v) is 8.10. The van der Waals surface area contributed by atoms with Crippen LogP contribution < -0.4 is 5.32 Å². The van der Waals surface area contributed by atoms with E-state index in [0.29, 0.717) is 24.1 Å². The summed E-state index contributed by atoms with van der Waals surface area (Å²) in [6.07, 6.45) is 3.23. The van der Waals surface area contributed by atoms with Crippen LogP contribution in [0.1, 0.15) is 41.9 Å². The average molecular weight is 366 g/mol. The first-order valence-electron chi connectivity index (χ1n) is 9.43. The number of aromatic amines is 2. The van der Waals surface area contributed by atoms with E-state index >= 15 is 0 Å². The zero-order valence-electron chi connectivity index (χ0n) is 16.1. The van der Waals surface area contributed by atoms with Crippen LogP contribution >= 0.6 is 0 Å². The largest absolute Gasteiger partial charge is 0.383 e. The summed E-state index contributed by atoms with van der Waals surface area (Å²) in [5.74, 6) is -0.0870. The zero-order valence-corrected chi connectivity index (χ0v) is 16.1. The van der Waals surface area contributed by atoms with Gasteiger partial charge in [0.25, 0.3) is 5.91 Å². The molecule has 1 aliphatic carbocycles. The topological polar surface area (TPSA) is 82.8 Å². The van der Waals surface area contributed by atoms with E-state index in [-0.39, 0.29) is 5.91 Å². The molecule has 0 atom stereocenters. The number of fused-ring (bicyclic) bond motifs is 2. The smallest absolute Gasteiger partial charge is 0.251 e. The maximum absolute atomic E-state index is 12.3. The minimum absolute atomic E-state index is 0.0870. The third-order valence-corrected chi connectivity index (χ3v) is 5.39. The number of hydrogen-bond acceptors (Lipinski definition) is 3. The highest BCUT2D eigenvalue weighted by atomic mass is 16.5. The van der Waals surface area contributed by atoms with Gasteiger partial charge >= 0.3 is 0 Å². The fourth-order valence-electron chi connectivity index (χ4n) is 3.84. The molecule has 1 amide bonds. The molecule has 2 heterocycles. The molecule has 3 aromatic rings. The van der Waals surface area contributed by atoms with Crippen LogP contribution in [0.5, 0.6) is 0 Å². The molecule has 1 aliphatic rings. The molecule has 0 spiro atoms. The lowest BCUT2D eigenvalue weighted by Gasteiger charge is -2.28. The predicted octanol–water partition coefficient (Wildman–Crippen LogP) is 3.45. The Hall–Kier alpha value is -2.60. The van der Waals surface area contributed by atoms with Crippen LogP contribution in [0.15, 0.2) is 24.3 Å². The maximum Gasteiger partial charge on any atom is 0.251 e. The normalized spacial score (nSPS) is 15.7. The molecular formula is C21H26N4O2. The van der Waals surface area contributed by atoms with Gasteiger partial charge < -0.3 is 15.0 Å². The van der Waals surface area contributed by atoms with E-state index in [1.807, 2.05) is 18.2 Å². The summed E-state index contributed by atoms with van der Waals surface area (Å²) in [7, 11) is 1.62. The van der Waals surface area contributed by atoms with Gasteiger partial charge in [0.15, 0.2) is 0 Å². The van der Waals surface area contributed by atoms with Crippen molar-refractivity contribution in [1.82, 2.24) is 20.5 Å². The van der Waals surface area contributed by atoms with Crippen molar-refractivity contribution in [3.8, 4) is 11.4 Å². The van der Waals surface area contributed by atoms with Crippen LogP contribution in [0.25, 0.3) is 22.3 Å². The number of carbonyl (C=O) groups is 1. The Labute approximate surface area is 158 Å². The van der Waals surface area contributed by atoms with Gasteiger partial charge in [-0.15, -0.1) is 0 Å². The van der Waals surface area contributed by atoms with E-state index in [4.69, 9.17) is 4.74 Å². The lowest BCUT2D eigenvalue weighted by Crippen LogP contribution is -2.26. The Bertz CT molecular complexity index is 983. The molecule has 142 valence electrons. The summed E-state index contributed by atoms with van der Waals surface area (Å²) in [6.45, 7) is 5.61. The molecule has 27 heavy (non-hydrogen) atoms. The minimum Gasteiger partial charge on any atom is -0.383 e. The van der Waals surface area contributed by atoms with Crippen molar-refractivity contribution in [3.05, 3.63) is 41.1 Å². The van der Waals surface area contributed by atoms with Gasteiger partial charge in [-0.05, 0) is 48.9 Å². The van der Waals surface area contributed by atoms with Crippen molar-refractivity contribution >= 4 is 16.8 Å². The predicted molar refractivity (Wildman–Crippen MR) is 106 cm³/mol. The highest BCUT2D eigenvalue weighted by Gasteiger charge is 2.29. The molecule has 0 fully saturated rings. The standard InChI is InChI=1S/C21H26N4O2/c1-21(2)7-6-15-18(12-21)24-25-19(15)17-11-14-10-13(4-5-16(14)23-17)20(26)22-8-9-27-3/h4-5,10-11,23H,6-9,12H2,1-3H3,(H,22,26)(H,24,25). The van der Waals surface area contributed by atoms with E-state index in [2.05, 4.69) is 40.4 Å². The van der Waals surface area contributed by atoms with Gasteiger partial charge in [-0.3, -0.25) is 9.89 Å². The first-order chi connectivity index (χ1) is 13.0. The number of nitrogens with zero attached hydrogens (tertiary/aromatic N) is 1. The summed E-state index contributed by atoms with van der Waals surface area (Å²) < 4.78 is 4.97. The average Bonchev–Trinajstić information content (AvgIpc) is 3.23. The van der Waals surface area contributed by atoms with E-state index in [1.165, 1.54) is 17.7 Å². The summed E-state index contributed by atoms with van der Waals surface area (Å²) in [6, 6.07) is 7.79. The maximum atomic E-state index is 12.3. The Balaban J connectivity index is 1.61. The Morgan fingerprint density at radius 3 is 3.00 bits per heavy atom. The first kappa shape index (κ1) is 17.8. The molecular weight excluding hydrogens is 340 g/mol. The van der Waals surface area contributed by atoms with Crippen molar-refractivity contribution in [3.63, 3.8) is 0 Å². The SMILES string of the molecule is COCCNC(=O)c1ccc2[nH]c(-c3n[nH]c4c3CCC(C)(C)C4)cc2c1. The second-order valence-electron chi connectivity index (χ2n) is 8.10. The molecule has 6 heteroatoms. The fraction of sp³-hybridized carbons (Fsp3) is 0.429. The summed E-state index contributed by atoms with van der Waals surface area (Å²) in [5.41, 5.74) is 6.54. The van der Waals surface area contributed by atoms with Crippen LogP contribution in [0.3, 0.4) is 0 Å². The summed E-state index contributed by atoms with van der Waals surface area (Å²) >= 11 is 0. The Kier molecular flexibility index (Phi) is 4.52. The number of nitrogens with one attached hydrogen (secondary N) is 3. The van der Waals surface area contributed by atoms with E-state index < -0.39 is 0 Å². The molecule has 3 N–H and O–H groups in total. The Morgan fingerprint density at radius 1 is 1.33 bits per heavy atom. The van der Waals surface area contributed by atoms with Crippen molar-refractivity contribution in [1.29, 1.82) is 0 Å². The van der Waals surface area contributed by atoms with Crippen LogP contribution in [0, 0.1) is 5.41 Å². The molecule has 0 radical (unpaired) electrons. The van der Waals surface area contributed by atoms with Crippen molar-refractivity contribution in [2.24, 2.45) is 5.41 Å². The van der Waals surface area contributed by atoms with Gasteiger partial charge in [0.1, 0.15) is 5.69 Å². The third-order valence-electron chi connectivity index (χ3n) is 5.39. The van der Waals surface area contributed by atoms with E-state index in [1.54, 1.807) is 7.11 Å². The molecule has 0 unspecified atom stereocenters.